The molecule has 0 heterocycles. The Kier molecular flexibility index (Phi) is 7.14. The highest BCUT2D eigenvalue weighted by Gasteiger charge is 2.15. The first-order chi connectivity index (χ1) is 9.86. The standard InChI is InChI=1S/C15H25NO4S/c1-12(2)20-15-8-7-14(11-13(15)3)21(18,19)16-9-5-4-6-10-17/h7-8,11-12,16-17H,4-6,9-10H2,1-3H3. The van der Waals surface area contributed by atoms with Crippen LogP contribution in [0.25, 0.3) is 0 Å². The monoisotopic (exact) mass is 315 g/mol. The van der Waals surface area contributed by atoms with Gasteiger partial charge in [0, 0.05) is 13.2 Å². The smallest absolute Gasteiger partial charge is 0.240 e. The van der Waals surface area contributed by atoms with E-state index >= 15 is 0 Å². The number of nitrogens with one attached hydrogen (secondary N) is 1. The Morgan fingerprint density at radius 2 is 1.95 bits per heavy atom. The van der Waals surface area contributed by atoms with Crippen LogP contribution in [-0.4, -0.2) is 32.8 Å². The number of hydrogen-bond acceptors (Lipinski definition) is 4. The third-order valence-corrected chi connectivity index (χ3v) is 4.41. The van der Waals surface area contributed by atoms with E-state index in [2.05, 4.69) is 4.72 Å². The zero-order valence-electron chi connectivity index (χ0n) is 12.9. The summed E-state index contributed by atoms with van der Waals surface area (Å²) in [6, 6.07) is 4.87. The van der Waals surface area contributed by atoms with Crippen LogP contribution in [0, 0.1) is 6.92 Å². The molecule has 0 atom stereocenters. The first-order valence-electron chi connectivity index (χ1n) is 7.24. The van der Waals surface area contributed by atoms with Crippen LogP contribution in [0.15, 0.2) is 23.1 Å². The molecule has 2 N–H and O–H groups in total. The maximum Gasteiger partial charge on any atom is 0.240 e. The SMILES string of the molecule is Cc1cc(S(=O)(=O)NCCCCCO)ccc1OC(C)C. The fourth-order valence-corrected chi connectivity index (χ4v) is 3.04. The number of aryl methyl sites for hydroxylation is 1. The quantitative estimate of drug-likeness (QED) is 0.685. The van der Waals surface area contributed by atoms with Crippen LogP contribution in [0.3, 0.4) is 0 Å². The topological polar surface area (TPSA) is 75.6 Å². The summed E-state index contributed by atoms with van der Waals surface area (Å²) in [7, 11) is -3.48. The van der Waals surface area contributed by atoms with Crippen molar-refractivity contribution in [1.82, 2.24) is 4.72 Å². The van der Waals surface area contributed by atoms with Crippen LogP contribution in [-0.2, 0) is 10.0 Å². The van der Waals surface area contributed by atoms with Crippen molar-refractivity contribution in [3.05, 3.63) is 23.8 Å². The summed E-state index contributed by atoms with van der Waals surface area (Å²) < 4.78 is 32.5. The summed E-state index contributed by atoms with van der Waals surface area (Å²) in [6.45, 7) is 6.21. The minimum atomic E-state index is -3.48. The van der Waals surface area contributed by atoms with Gasteiger partial charge in [0.05, 0.1) is 11.0 Å². The Hall–Kier alpha value is -1.11. The lowest BCUT2D eigenvalue weighted by atomic mass is 10.2. The number of benzene rings is 1. The summed E-state index contributed by atoms with van der Waals surface area (Å²) in [5, 5.41) is 8.67. The maximum absolute atomic E-state index is 12.1. The molecule has 6 heteroatoms. The molecule has 1 aromatic rings. The summed E-state index contributed by atoms with van der Waals surface area (Å²) in [4.78, 5) is 0.248. The van der Waals surface area contributed by atoms with Gasteiger partial charge in [0.1, 0.15) is 5.75 Å². The van der Waals surface area contributed by atoms with Gasteiger partial charge in [-0.05, 0) is 63.8 Å². The van der Waals surface area contributed by atoms with Gasteiger partial charge in [-0.1, -0.05) is 0 Å². The summed E-state index contributed by atoms with van der Waals surface area (Å²) in [5.41, 5.74) is 0.798. The molecule has 21 heavy (non-hydrogen) atoms. The van der Waals surface area contributed by atoms with Crippen LogP contribution < -0.4 is 9.46 Å². The molecular formula is C15H25NO4S. The molecule has 5 nitrogen and oxygen atoms in total. The third-order valence-electron chi connectivity index (χ3n) is 2.95. The molecule has 120 valence electrons. The lowest BCUT2D eigenvalue weighted by molar-refractivity contribution is 0.240. The number of aliphatic hydroxyl groups excluding tert-OH is 1. The van der Waals surface area contributed by atoms with Crippen molar-refractivity contribution in [1.29, 1.82) is 0 Å². The fraction of sp³-hybridized carbons (Fsp3) is 0.600. The first-order valence-corrected chi connectivity index (χ1v) is 8.73. The van der Waals surface area contributed by atoms with Gasteiger partial charge >= 0.3 is 0 Å². The molecule has 0 aliphatic carbocycles. The van der Waals surface area contributed by atoms with Gasteiger partial charge in [0.15, 0.2) is 0 Å². The van der Waals surface area contributed by atoms with Gasteiger partial charge in [-0.25, -0.2) is 13.1 Å². The van der Waals surface area contributed by atoms with Gasteiger partial charge in [-0.15, -0.1) is 0 Å². The zero-order chi connectivity index (χ0) is 15.9. The van der Waals surface area contributed by atoms with Crippen molar-refractivity contribution in [2.45, 2.75) is 51.0 Å². The number of sulfonamides is 1. The average Bonchev–Trinajstić information content (AvgIpc) is 2.40. The van der Waals surface area contributed by atoms with E-state index in [1.165, 1.54) is 0 Å². The molecule has 0 amide bonds. The predicted octanol–water partition coefficient (Wildman–Crippen LogP) is 2.22. The van der Waals surface area contributed by atoms with Gasteiger partial charge < -0.3 is 9.84 Å². The van der Waals surface area contributed by atoms with E-state index in [1.807, 2.05) is 20.8 Å². The van der Waals surface area contributed by atoms with E-state index in [0.717, 1.165) is 12.0 Å². The molecule has 0 saturated carbocycles. The molecule has 0 spiro atoms. The molecule has 0 bridgehead atoms. The van der Waals surface area contributed by atoms with Crippen LogP contribution >= 0.6 is 0 Å². The van der Waals surface area contributed by atoms with Crippen molar-refractivity contribution in [3.8, 4) is 5.75 Å². The minimum absolute atomic E-state index is 0.0517. The maximum atomic E-state index is 12.1. The summed E-state index contributed by atoms with van der Waals surface area (Å²) in [6.07, 6.45) is 2.27. The normalized spacial score (nSPS) is 11.9. The predicted molar refractivity (Wildman–Crippen MR) is 83.1 cm³/mol. The molecule has 0 aromatic heterocycles. The molecule has 0 aliphatic heterocycles. The van der Waals surface area contributed by atoms with E-state index in [1.54, 1.807) is 18.2 Å². The van der Waals surface area contributed by atoms with Crippen LogP contribution in [0.1, 0.15) is 38.7 Å². The van der Waals surface area contributed by atoms with Gasteiger partial charge in [0.2, 0.25) is 10.0 Å². The highest BCUT2D eigenvalue weighted by molar-refractivity contribution is 7.89. The van der Waals surface area contributed by atoms with Gasteiger partial charge in [-0.2, -0.15) is 0 Å². The summed E-state index contributed by atoms with van der Waals surface area (Å²) in [5.74, 6) is 0.701. The van der Waals surface area contributed by atoms with E-state index < -0.39 is 10.0 Å². The lowest BCUT2D eigenvalue weighted by Gasteiger charge is -2.13. The molecule has 0 radical (unpaired) electrons. The molecular weight excluding hydrogens is 290 g/mol. The molecule has 0 fully saturated rings. The Morgan fingerprint density at radius 1 is 1.24 bits per heavy atom. The number of rotatable bonds is 9. The highest BCUT2D eigenvalue weighted by Crippen LogP contribution is 2.22. The second kappa shape index (κ2) is 8.36. The van der Waals surface area contributed by atoms with Crippen molar-refractivity contribution >= 4 is 10.0 Å². The second-order valence-electron chi connectivity index (χ2n) is 5.28. The first kappa shape index (κ1) is 17.9. The average molecular weight is 315 g/mol. The molecule has 0 saturated heterocycles. The van der Waals surface area contributed by atoms with Crippen LogP contribution in [0.2, 0.25) is 0 Å². The Bertz CT molecular complexity index is 541. The Balaban J connectivity index is 2.68. The van der Waals surface area contributed by atoms with Crippen LogP contribution in [0.5, 0.6) is 5.75 Å². The molecule has 0 aliphatic rings. The minimum Gasteiger partial charge on any atom is -0.491 e. The van der Waals surface area contributed by atoms with E-state index in [0.29, 0.717) is 25.1 Å². The number of hydrogen-bond donors (Lipinski definition) is 2. The van der Waals surface area contributed by atoms with Crippen molar-refractivity contribution < 1.29 is 18.3 Å². The Labute approximate surface area is 127 Å². The molecule has 1 rings (SSSR count). The van der Waals surface area contributed by atoms with E-state index in [9.17, 15) is 8.42 Å². The summed E-state index contributed by atoms with van der Waals surface area (Å²) >= 11 is 0. The lowest BCUT2D eigenvalue weighted by Crippen LogP contribution is -2.25. The molecule has 1 aromatic carbocycles. The number of aliphatic hydroxyl groups is 1. The van der Waals surface area contributed by atoms with Crippen molar-refractivity contribution in [2.75, 3.05) is 13.2 Å². The highest BCUT2D eigenvalue weighted by atomic mass is 32.2. The third kappa shape index (κ3) is 6.03. The molecule has 0 unspecified atom stereocenters. The van der Waals surface area contributed by atoms with Crippen molar-refractivity contribution in [3.63, 3.8) is 0 Å². The Morgan fingerprint density at radius 3 is 2.52 bits per heavy atom. The van der Waals surface area contributed by atoms with Crippen molar-refractivity contribution in [2.24, 2.45) is 0 Å². The van der Waals surface area contributed by atoms with Gasteiger partial charge in [0.25, 0.3) is 0 Å². The van der Waals surface area contributed by atoms with E-state index in [4.69, 9.17) is 9.84 Å². The largest absolute Gasteiger partial charge is 0.491 e. The van der Waals surface area contributed by atoms with E-state index in [-0.39, 0.29) is 17.6 Å². The van der Waals surface area contributed by atoms with Crippen LogP contribution in [0.4, 0.5) is 0 Å². The van der Waals surface area contributed by atoms with Gasteiger partial charge in [-0.3, -0.25) is 0 Å². The fourth-order valence-electron chi connectivity index (χ4n) is 1.88. The zero-order valence-corrected chi connectivity index (χ0v) is 13.7. The number of ether oxygens (including phenoxy) is 1. The second-order valence-corrected chi connectivity index (χ2v) is 7.04. The number of unbranched alkanes of at least 4 members (excludes halogenated alkanes) is 2.